The zero-order valence-corrected chi connectivity index (χ0v) is 16.3. The summed E-state index contributed by atoms with van der Waals surface area (Å²) in [6.07, 6.45) is 4.70. The largest absolute Gasteiger partial charge is 0.449 e. The van der Waals surface area contributed by atoms with Crippen LogP contribution in [0.1, 0.15) is 48.3 Å². The molecule has 1 atom stereocenters. The molecule has 1 aromatic heterocycles. The highest BCUT2D eigenvalue weighted by Gasteiger charge is 2.26. The summed E-state index contributed by atoms with van der Waals surface area (Å²) in [7, 11) is 0. The molecule has 1 aliphatic carbocycles. The van der Waals surface area contributed by atoms with Crippen LogP contribution in [0.15, 0.2) is 36.4 Å². The topological polar surface area (TPSA) is 60.3 Å². The van der Waals surface area contributed by atoms with Crippen LogP contribution in [0.2, 0.25) is 0 Å². The Morgan fingerprint density at radius 2 is 1.96 bits per heavy atom. The Hall–Kier alpha value is -2.82. The van der Waals surface area contributed by atoms with Crippen LogP contribution in [0, 0.1) is 20.8 Å². The van der Waals surface area contributed by atoms with Gasteiger partial charge < -0.3 is 14.6 Å². The number of ether oxygens (including phenoxy) is 1. The molecule has 0 saturated heterocycles. The second kappa shape index (κ2) is 7.82. The Balaban J connectivity index is 1.57. The van der Waals surface area contributed by atoms with E-state index in [1.54, 1.807) is 19.1 Å². The van der Waals surface area contributed by atoms with Crippen molar-refractivity contribution < 1.29 is 14.3 Å². The van der Waals surface area contributed by atoms with Crippen molar-refractivity contribution in [1.82, 2.24) is 4.57 Å². The molecule has 1 saturated carbocycles. The lowest BCUT2D eigenvalue weighted by atomic mass is 10.2. The van der Waals surface area contributed by atoms with Crippen LogP contribution in [-0.2, 0) is 14.3 Å². The highest BCUT2D eigenvalue weighted by Crippen LogP contribution is 2.38. The second-order valence-electron chi connectivity index (χ2n) is 7.20. The summed E-state index contributed by atoms with van der Waals surface area (Å²) in [6.45, 7) is 7.66. The number of carbonyl (C=O) groups is 2. The number of carbonyl (C=O) groups excluding carboxylic acids is 2. The summed E-state index contributed by atoms with van der Waals surface area (Å²) >= 11 is 0. The fourth-order valence-electron chi connectivity index (χ4n) is 3.26. The van der Waals surface area contributed by atoms with Gasteiger partial charge in [-0.1, -0.05) is 12.1 Å². The smallest absolute Gasteiger partial charge is 0.331 e. The van der Waals surface area contributed by atoms with Gasteiger partial charge in [-0.25, -0.2) is 4.79 Å². The standard InChI is InChI=1S/C22H26N2O3/c1-14-6-5-7-19(12-14)23-22(26)17(4)27-21(25)11-8-18-13-15(2)24(16(18)3)20-9-10-20/h5-8,11-13,17,20H,9-10H2,1-4H3,(H,23,26)/b11-8+/t17-/m1/s1. The molecule has 1 fully saturated rings. The van der Waals surface area contributed by atoms with Crippen molar-refractivity contribution in [3.05, 3.63) is 58.9 Å². The highest BCUT2D eigenvalue weighted by atomic mass is 16.5. The number of benzene rings is 1. The molecule has 0 radical (unpaired) electrons. The van der Waals surface area contributed by atoms with Crippen LogP contribution in [0.5, 0.6) is 0 Å². The van der Waals surface area contributed by atoms with Crippen molar-refractivity contribution >= 4 is 23.6 Å². The van der Waals surface area contributed by atoms with Crippen LogP contribution in [0.25, 0.3) is 6.08 Å². The van der Waals surface area contributed by atoms with Crippen molar-refractivity contribution in [2.24, 2.45) is 0 Å². The number of nitrogens with one attached hydrogen (secondary N) is 1. The maximum atomic E-state index is 12.2. The first-order valence-corrected chi connectivity index (χ1v) is 9.30. The van der Waals surface area contributed by atoms with Gasteiger partial charge >= 0.3 is 5.97 Å². The van der Waals surface area contributed by atoms with Gasteiger partial charge in [-0.2, -0.15) is 0 Å². The van der Waals surface area contributed by atoms with E-state index < -0.39 is 12.1 Å². The van der Waals surface area contributed by atoms with Gasteiger partial charge in [0, 0.05) is 29.2 Å². The molecule has 1 aliphatic rings. The Bertz CT molecular complexity index is 891. The third-order valence-electron chi connectivity index (χ3n) is 4.78. The molecule has 1 aromatic carbocycles. The number of aryl methyl sites for hydroxylation is 2. The van der Waals surface area contributed by atoms with Gasteiger partial charge in [0.25, 0.3) is 5.91 Å². The Morgan fingerprint density at radius 3 is 2.63 bits per heavy atom. The third-order valence-corrected chi connectivity index (χ3v) is 4.78. The summed E-state index contributed by atoms with van der Waals surface area (Å²) in [4.78, 5) is 24.3. The molecule has 3 rings (SSSR count). The predicted octanol–water partition coefficient (Wildman–Crippen LogP) is 4.33. The van der Waals surface area contributed by atoms with E-state index in [-0.39, 0.29) is 5.91 Å². The minimum atomic E-state index is -0.874. The maximum absolute atomic E-state index is 12.2. The lowest BCUT2D eigenvalue weighted by Gasteiger charge is -2.12. The Labute approximate surface area is 160 Å². The molecule has 2 aromatic rings. The van der Waals surface area contributed by atoms with Gasteiger partial charge in [-0.3, -0.25) is 4.79 Å². The number of amides is 1. The lowest BCUT2D eigenvalue weighted by molar-refractivity contribution is -0.148. The fraction of sp³-hybridized carbons (Fsp3) is 0.364. The first-order chi connectivity index (χ1) is 12.8. The van der Waals surface area contributed by atoms with Gasteiger partial charge in [0.15, 0.2) is 6.10 Å². The number of hydrogen-bond acceptors (Lipinski definition) is 3. The number of rotatable bonds is 6. The van der Waals surface area contributed by atoms with Gasteiger partial charge in [0.1, 0.15) is 0 Å². The highest BCUT2D eigenvalue weighted by molar-refractivity contribution is 5.96. The summed E-state index contributed by atoms with van der Waals surface area (Å²) in [5.41, 5.74) is 5.10. The molecule has 1 amide bonds. The first kappa shape index (κ1) is 19.0. The molecule has 5 heteroatoms. The van der Waals surface area contributed by atoms with Crippen molar-refractivity contribution in [1.29, 1.82) is 0 Å². The van der Waals surface area contributed by atoms with Gasteiger partial charge in [0.2, 0.25) is 0 Å². The summed E-state index contributed by atoms with van der Waals surface area (Å²) in [6, 6.07) is 10.2. The number of aromatic nitrogens is 1. The molecule has 0 aliphatic heterocycles. The molecule has 0 spiro atoms. The van der Waals surface area contributed by atoms with E-state index in [1.807, 2.05) is 25.1 Å². The molecular weight excluding hydrogens is 340 g/mol. The summed E-state index contributed by atoms with van der Waals surface area (Å²) < 4.78 is 7.55. The van der Waals surface area contributed by atoms with Crippen molar-refractivity contribution in [2.45, 2.75) is 52.7 Å². The second-order valence-corrected chi connectivity index (χ2v) is 7.20. The minimum absolute atomic E-state index is 0.353. The molecule has 27 heavy (non-hydrogen) atoms. The SMILES string of the molecule is Cc1cccc(NC(=O)[C@@H](C)OC(=O)/C=C/c2cc(C)n(C3CC3)c2C)c1. The van der Waals surface area contributed by atoms with Crippen LogP contribution < -0.4 is 5.32 Å². The third kappa shape index (κ3) is 4.67. The van der Waals surface area contributed by atoms with E-state index in [0.717, 1.165) is 16.8 Å². The molecule has 1 N–H and O–H groups in total. The van der Waals surface area contributed by atoms with Crippen molar-refractivity contribution in [3.8, 4) is 0 Å². The molecule has 1 heterocycles. The van der Waals surface area contributed by atoms with E-state index in [9.17, 15) is 9.59 Å². The fourth-order valence-corrected chi connectivity index (χ4v) is 3.26. The average molecular weight is 366 g/mol. The van der Waals surface area contributed by atoms with Crippen LogP contribution in [0.3, 0.4) is 0 Å². The van der Waals surface area contributed by atoms with E-state index in [4.69, 9.17) is 4.74 Å². The van der Waals surface area contributed by atoms with Crippen LogP contribution in [0.4, 0.5) is 5.69 Å². The number of esters is 1. The Kier molecular flexibility index (Phi) is 5.49. The van der Waals surface area contributed by atoms with Crippen LogP contribution >= 0.6 is 0 Å². The predicted molar refractivity (Wildman–Crippen MR) is 107 cm³/mol. The van der Waals surface area contributed by atoms with Gasteiger partial charge in [-0.05, 0) is 75.9 Å². The molecule has 0 bridgehead atoms. The lowest BCUT2D eigenvalue weighted by Crippen LogP contribution is -2.29. The monoisotopic (exact) mass is 366 g/mol. The maximum Gasteiger partial charge on any atom is 0.331 e. The van der Waals surface area contributed by atoms with Crippen molar-refractivity contribution in [3.63, 3.8) is 0 Å². The molecule has 0 unspecified atom stereocenters. The Morgan fingerprint density at radius 1 is 1.22 bits per heavy atom. The zero-order valence-electron chi connectivity index (χ0n) is 16.3. The van der Waals surface area contributed by atoms with E-state index >= 15 is 0 Å². The number of anilines is 1. The molecule has 142 valence electrons. The summed E-state index contributed by atoms with van der Waals surface area (Å²) in [5, 5.41) is 2.76. The summed E-state index contributed by atoms with van der Waals surface area (Å²) in [5.74, 6) is -0.882. The number of nitrogens with zero attached hydrogens (tertiary/aromatic N) is 1. The minimum Gasteiger partial charge on any atom is -0.449 e. The zero-order chi connectivity index (χ0) is 19.6. The molecule has 5 nitrogen and oxygen atoms in total. The van der Waals surface area contributed by atoms with Crippen molar-refractivity contribution in [2.75, 3.05) is 5.32 Å². The normalized spacial score (nSPS) is 15.0. The van der Waals surface area contributed by atoms with E-state index in [1.165, 1.54) is 24.6 Å². The van der Waals surface area contributed by atoms with E-state index in [0.29, 0.717) is 11.7 Å². The van der Waals surface area contributed by atoms with Crippen LogP contribution in [-0.4, -0.2) is 22.5 Å². The molecular formula is C22H26N2O3. The average Bonchev–Trinajstić information content (AvgIpc) is 3.39. The first-order valence-electron chi connectivity index (χ1n) is 9.30. The van der Waals surface area contributed by atoms with E-state index in [2.05, 4.69) is 29.8 Å². The quantitative estimate of drug-likeness (QED) is 0.611. The van der Waals surface area contributed by atoms with Gasteiger partial charge in [-0.15, -0.1) is 0 Å². The van der Waals surface area contributed by atoms with Gasteiger partial charge in [0.05, 0.1) is 0 Å². The number of hydrogen-bond donors (Lipinski definition) is 1.